The molecule has 1 aliphatic carbocycles. The Balaban J connectivity index is 2.22. The summed E-state index contributed by atoms with van der Waals surface area (Å²) in [6.07, 6.45) is 6.26. The Labute approximate surface area is 127 Å². The summed E-state index contributed by atoms with van der Waals surface area (Å²) >= 11 is 0. The number of hydrogen-bond donors (Lipinski definition) is 3. The molecule has 3 N–H and O–H groups in total. The molecule has 1 unspecified atom stereocenters. The van der Waals surface area contributed by atoms with Crippen molar-refractivity contribution >= 4 is 12.0 Å². The van der Waals surface area contributed by atoms with E-state index in [4.69, 9.17) is 5.11 Å². The molecule has 1 aliphatic rings. The van der Waals surface area contributed by atoms with E-state index in [1.165, 1.54) is 6.42 Å². The van der Waals surface area contributed by atoms with Crippen LogP contribution in [-0.4, -0.2) is 29.7 Å². The number of hydrogen-bond acceptors (Lipinski definition) is 2. The van der Waals surface area contributed by atoms with Crippen molar-refractivity contribution in [2.45, 2.75) is 71.8 Å². The minimum Gasteiger partial charge on any atom is -0.481 e. The molecule has 2 amide bonds. The fourth-order valence-corrected chi connectivity index (χ4v) is 2.86. The molecule has 5 nitrogen and oxygen atoms in total. The predicted octanol–water partition coefficient (Wildman–Crippen LogP) is 3.15. The largest absolute Gasteiger partial charge is 0.481 e. The summed E-state index contributed by atoms with van der Waals surface area (Å²) in [5.41, 5.74) is -0.218. The van der Waals surface area contributed by atoms with E-state index < -0.39 is 5.97 Å². The Hall–Kier alpha value is -1.26. The summed E-state index contributed by atoms with van der Waals surface area (Å²) in [5.74, 6) is -0.0838. The summed E-state index contributed by atoms with van der Waals surface area (Å²) in [7, 11) is 0. The lowest BCUT2D eigenvalue weighted by Crippen LogP contribution is -2.48. The highest BCUT2D eigenvalue weighted by atomic mass is 16.4. The first-order chi connectivity index (χ1) is 9.83. The molecule has 5 heteroatoms. The number of rotatable bonds is 9. The quantitative estimate of drug-likeness (QED) is 0.612. The van der Waals surface area contributed by atoms with Gasteiger partial charge in [0.15, 0.2) is 0 Å². The summed E-state index contributed by atoms with van der Waals surface area (Å²) in [4.78, 5) is 22.7. The predicted molar refractivity (Wildman–Crippen MR) is 83.2 cm³/mol. The second-order valence-electron chi connectivity index (χ2n) is 6.98. The zero-order valence-corrected chi connectivity index (χ0v) is 13.6. The molecule has 1 rings (SSSR count). The van der Waals surface area contributed by atoms with E-state index in [2.05, 4.69) is 24.5 Å². The van der Waals surface area contributed by atoms with Gasteiger partial charge in [0.2, 0.25) is 0 Å². The monoisotopic (exact) mass is 298 g/mol. The Morgan fingerprint density at radius 2 is 1.86 bits per heavy atom. The number of carboxylic acids is 1. The maximum Gasteiger partial charge on any atom is 0.315 e. The van der Waals surface area contributed by atoms with Crippen LogP contribution in [0.15, 0.2) is 0 Å². The Kier molecular flexibility index (Phi) is 6.99. The molecular weight excluding hydrogens is 268 g/mol. The molecule has 0 spiro atoms. The standard InChI is InChI=1S/C16H30N2O3/c1-12(2)6-4-7-13(3)18-15(21)17-11-16(8-5-9-16)10-14(19)20/h12-13H,4-11H2,1-3H3,(H,19,20)(H2,17,18,21). The topological polar surface area (TPSA) is 78.4 Å². The van der Waals surface area contributed by atoms with Crippen LogP contribution in [0.25, 0.3) is 0 Å². The normalized spacial score (nSPS) is 17.9. The minimum atomic E-state index is -0.779. The third-order valence-electron chi connectivity index (χ3n) is 4.36. The van der Waals surface area contributed by atoms with E-state index in [0.29, 0.717) is 12.5 Å². The summed E-state index contributed by atoms with van der Waals surface area (Å²) in [6, 6.07) is -0.0238. The van der Waals surface area contributed by atoms with E-state index in [9.17, 15) is 9.59 Å². The van der Waals surface area contributed by atoms with Gasteiger partial charge in [-0.1, -0.05) is 33.1 Å². The van der Waals surface area contributed by atoms with Gasteiger partial charge in [-0.15, -0.1) is 0 Å². The lowest BCUT2D eigenvalue weighted by Gasteiger charge is -2.40. The molecule has 0 heterocycles. The maximum absolute atomic E-state index is 11.9. The SMILES string of the molecule is CC(C)CCCC(C)NC(=O)NCC1(CC(=O)O)CCC1. The van der Waals surface area contributed by atoms with Gasteiger partial charge in [0.25, 0.3) is 0 Å². The first-order valence-corrected chi connectivity index (χ1v) is 8.09. The van der Waals surface area contributed by atoms with Crippen LogP contribution in [0, 0.1) is 11.3 Å². The Bertz CT molecular complexity index is 351. The van der Waals surface area contributed by atoms with Crippen LogP contribution < -0.4 is 10.6 Å². The second-order valence-corrected chi connectivity index (χ2v) is 6.98. The number of carbonyl (C=O) groups excluding carboxylic acids is 1. The van der Waals surface area contributed by atoms with Crippen LogP contribution in [0.2, 0.25) is 0 Å². The third-order valence-corrected chi connectivity index (χ3v) is 4.36. The summed E-state index contributed by atoms with van der Waals surface area (Å²) < 4.78 is 0. The molecule has 0 aliphatic heterocycles. The van der Waals surface area contributed by atoms with Gasteiger partial charge in [-0.25, -0.2) is 4.79 Å². The molecule has 0 saturated heterocycles. The van der Waals surface area contributed by atoms with Crippen LogP contribution in [0.4, 0.5) is 4.79 Å². The number of aliphatic carboxylic acids is 1. The van der Waals surface area contributed by atoms with E-state index in [-0.39, 0.29) is 23.9 Å². The van der Waals surface area contributed by atoms with Crippen molar-refractivity contribution in [3.63, 3.8) is 0 Å². The van der Waals surface area contributed by atoms with Gasteiger partial charge in [0.1, 0.15) is 0 Å². The molecule has 0 aromatic heterocycles. The molecule has 0 aromatic rings. The number of amides is 2. The highest BCUT2D eigenvalue weighted by Gasteiger charge is 2.39. The smallest absolute Gasteiger partial charge is 0.315 e. The average molecular weight is 298 g/mol. The minimum absolute atomic E-state index is 0.150. The van der Waals surface area contributed by atoms with Gasteiger partial charge >= 0.3 is 12.0 Å². The molecule has 1 saturated carbocycles. The zero-order valence-electron chi connectivity index (χ0n) is 13.6. The first kappa shape index (κ1) is 17.8. The van der Waals surface area contributed by atoms with Crippen molar-refractivity contribution in [3.8, 4) is 0 Å². The molecule has 122 valence electrons. The van der Waals surface area contributed by atoms with Crippen LogP contribution in [-0.2, 0) is 4.79 Å². The van der Waals surface area contributed by atoms with Gasteiger partial charge in [-0.3, -0.25) is 4.79 Å². The molecule has 1 fully saturated rings. The van der Waals surface area contributed by atoms with Crippen LogP contribution in [0.5, 0.6) is 0 Å². The molecule has 0 aromatic carbocycles. The van der Waals surface area contributed by atoms with Crippen LogP contribution in [0.1, 0.15) is 65.7 Å². The number of carboxylic acid groups (broad SMARTS) is 1. The maximum atomic E-state index is 11.9. The summed E-state index contributed by atoms with van der Waals surface area (Å²) in [5, 5.41) is 14.7. The highest BCUT2D eigenvalue weighted by Crippen LogP contribution is 2.43. The number of carbonyl (C=O) groups is 2. The van der Waals surface area contributed by atoms with Gasteiger partial charge in [-0.05, 0) is 37.5 Å². The summed E-state index contributed by atoms with van der Waals surface area (Å²) in [6.45, 7) is 6.87. The lowest BCUT2D eigenvalue weighted by atomic mass is 9.66. The van der Waals surface area contributed by atoms with Crippen molar-refractivity contribution < 1.29 is 14.7 Å². The number of urea groups is 1. The Morgan fingerprint density at radius 3 is 2.33 bits per heavy atom. The van der Waals surface area contributed by atoms with Gasteiger partial charge in [0, 0.05) is 12.6 Å². The van der Waals surface area contributed by atoms with Crippen LogP contribution in [0.3, 0.4) is 0 Å². The van der Waals surface area contributed by atoms with E-state index in [1.54, 1.807) is 0 Å². The lowest BCUT2D eigenvalue weighted by molar-refractivity contribution is -0.141. The van der Waals surface area contributed by atoms with Crippen molar-refractivity contribution in [3.05, 3.63) is 0 Å². The van der Waals surface area contributed by atoms with Crippen molar-refractivity contribution in [1.29, 1.82) is 0 Å². The Morgan fingerprint density at radius 1 is 1.19 bits per heavy atom. The van der Waals surface area contributed by atoms with E-state index in [1.807, 2.05) is 6.92 Å². The van der Waals surface area contributed by atoms with Crippen molar-refractivity contribution in [2.24, 2.45) is 11.3 Å². The van der Waals surface area contributed by atoms with Gasteiger partial charge < -0.3 is 15.7 Å². The fourth-order valence-electron chi connectivity index (χ4n) is 2.86. The van der Waals surface area contributed by atoms with Gasteiger partial charge in [-0.2, -0.15) is 0 Å². The van der Waals surface area contributed by atoms with Crippen molar-refractivity contribution in [1.82, 2.24) is 10.6 Å². The molecule has 21 heavy (non-hydrogen) atoms. The van der Waals surface area contributed by atoms with E-state index in [0.717, 1.165) is 32.1 Å². The molecule has 0 radical (unpaired) electrons. The zero-order chi connectivity index (χ0) is 15.9. The highest BCUT2D eigenvalue weighted by molar-refractivity contribution is 5.74. The van der Waals surface area contributed by atoms with Crippen molar-refractivity contribution in [2.75, 3.05) is 6.54 Å². The molecule has 1 atom stereocenters. The second kappa shape index (κ2) is 8.25. The van der Waals surface area contributed by atoms with Crippen LogP contribution >= 0.6 is 0 Å². The fraction of sp³-hybridized carbons (Fsp3) is 0.875. The van der Waals surface area contributed by atoms with Gasteiger partial charge in [0.05, 0.1) is 6.42 Å². The number of nitrogens with one attached hydrogen (secondary N) is 2. The first-order valence-electron chi connectivity index (χ1n) is 8.09. The third kappa shape index (κ3) is 6.82. The van der Waals surface area contributed by atoms with E-state index >= 15 is 0 Å². The average Bonchev–Trinajstić information content (AvgIpc) is 2.31. The molecular formula is C16H30N2O3. The molecule has 0 bridgehead atoms.